The van der Waals surface area contributed by atoms with Gasteiger partial charge in [-0.05, 0) is 18.6 Å². The Hall–Kier alpha value is -3.07. The maximum atomic E-state index is 11.8. The van der Waals surface area contributed by atoms with Gasteiger partial charge in [0, 0.05) is 38.3 Å². The number of nitrogens with zero attached hydrogens (tertiary/aromatic N) is 1. The Morgan fingerprint density at radius 3 is 2.12 bits per heavy atom. The second-order valence-corrected chi connectivity index (χ2v) is 8.52. The maximum absolute atomic E-state index is 11.8. The van der Waals surface area contributed by atoms with E-state index in [0.717, 1.165) is 16.7 Å². The summed E-state index contributed by atoms with van der Waals surface area (Å²) in [6.07, 6.45) is 0.528. The molecule has 9 heteroatoms. The summed E-state index contributed by atoms with van der Waals surface area (Å²) in [5, 5.41) is 0. The van der Waals surface area contributed by atoms with Gasteiger partial charge in [0.25, 0.3) is 0 Å². The first-order valence-corrected chi connectivity index (χ1v) is 11.1. The topological polar surface area (TPSA) is 101 Å². The highest BCUT2D eigenvalue weighted by Gasteiger charge is 2.47. The molecule has 170 valence electrons. The Morgan fingerprint density at radius 2 is 1.50 bits per heavy atom. The van der Waals surface area contributed by atoms with E-state index in [9.17, 15) is 14.4 Å². The molecule has 1 saturated heterocycles. The van der Waals surface area contributed by atoms with Crippen molar-refractivity contribution in [2.45, 2.75) is 51.4 Å². The summed E-state index contributed by atoms with van der Waals surface area (Å²) in [6, 6.07) is 9.84. The number of hydrogen-bond donors (Lipinski definition) is 0. The fourth-order valence-electron chi connectivity index (χ4n) is 3.33. The summed E-state index contributed by atoms with van der Waals surface area (Å²) < 4.78 is 22.3. The number of pyridine rings is 1. The lowest BCUT2D eigenvalue weighted by Crippen LogP contribution is -2.55. The molecule has 0 radical (unpaired) electrons. The van der Waals surface area contributed by atoms with Gasteiger partial charge in [0.15, 0.2) is 23.7 Å². The Morgan fingerprint density at radius 1 is 0.875 bits per heavy atom. The minimum atomic E-state index is -1.00. The number of carbonyl (C=O) groups excluding carboxylic acids is 3. The number of hydrogen-bond acceptors (Lipinski definition) is 9. The van der Waals surface area contributed by atoms with Crippen molar-refractivity contribution in [3.05, 3.63) is 48.3 Å². The van der Waals surface area contributed by atoms with Crippen molar-refractivity contribution in [3.8, 4) is 16.9 Å². The van der Waals surface area contributed by atoms with Gasteiger partial charge < -0.3 is 18.9 Å². The number of aryl methyl sites for hydroxylation is 1. The van der Waals surface area contributed by atoms with Crippen LogP contribution in [0.2, 0.25) is 0 Å². The van der Waals surface area contributed by atoms with Crippen LogP contribution in [0.5, 0.6) is 5.75 Å². The maximum Gasteiger partial charge on any atom is 0.303 e. The zero-order valence-corrected chi connectivity index (χ0v) is 19.1. The van der Waals surface area contributed by atoms with Gasteiger partial charge in [-0.15, -0.1) is 11.8 Å². The van der Waals surface area contributed by atoms with Crippen molar-refractivity contribution in [2.75, 3.05) is 5.75 Å². The van der Waals surface area contributed by atoms with Crippen LogP contribution in [0.1, 0.15) is 26.3 Å². The largest absolute Gasteiger partial charge is 0.474 e. The van der Waals surface area contributed by atoms with Crippen molar-refractivity contribution in [2.24, 2.45) is 0 Å². The lowest BCUT2D eigenvalue weighted by atomic mass is 10.1. The van der Waals surface area contributed by atoms with E-state index in [1.54, 1.807) is 12.4 Å². The Kier molecular flexibility index (Phi) is 7.74. The minimum Gasteiger partial charge on any atom is -0.474 e. The van der Waals surface area contributed by atoms with Crippen LogP contribution in [0.25, 0.3) is 11.1 Å². The molecule has 3 rings (SSSR count). The number of rotatable bonds is 6. The molecular formula is C23H25NO7S. The number of esters is 3. The standard InChI is InChI=1S/C23H25NO7S/c1-13-5-7-17(8-6-13)18-9-19(11-24-10-18)31-23-22(30-16(4)27)21(29-15(3)26)20(12-32-23)28-14(2)25/h5-11,20-23H,12H2,1-4H3/t20-,21+,22-,23?/m1/s1. The fourth-order valence-corrected chi connectivity index (χ4v) is 4.55. The summed E-state index contributed by atoms with van der Waals surface area (Å²) in [7, 11) is 0. The normalized spacial score (nSPS) is 22.5. The number of benzene rings is 1. The Bertz CT molecular complexity index is 979. The lowest BCUT2D eigenvalue weighted by molar-refractivity contribution is -0.186. The second kappa shape index (κ2) is 10.5. The van der Waals surface area contributed by atoms with E-state index in [1.165, 1.54) is 32.5 Å². The van der Waals surface area contributed by atoms with Gasteiger partial charge in [-0.1, -0.05) is 29.8 Å². The molecule has 8 nitrogen and oxygen atoms in total. The van der Waals surface area contributed by atoms with Crippen molar-refractivity contribution in [1.29, 1.82) is 0 Å². The van der Waals surface area contributed by atoms with Gasteiger partial charge in [0.05, 0.1) is 6.20 Å². The molecule has 0 saturated carbocycles. The van der Waals surface area contributed by atoms with Crippen LogP contribution in [0.15, 0.2) is 42.7 Å². The predicted octanol–water partition coefficient (Wildman–Crippen LogP) is 3.30. The smallest absolute Gasteiger partial charge is 0.303 e. The average molecular weight is 460 g/mol. The molecular weight excluding hydrogens is 434 g/mol. The zero-order valence-electron chi connectivity index (χ0n) is 18.3. The molecule has 1 aliphatic rings. The summed E-state index contributed by atoms with van der Waals surface area (Å²) in [4.78, 5) is 39.3. The quantitative estimate of drug-likeness (QED) is 0.476. The predicted molar refractivity (Wildman–Crippen MR) is 118 cm³/mol. The first kappa shape index (κ1) is 23.6. The Balaban J connectivity index is 1.86. The molecule has 0 N–H and O–H groups in total. The first-order valence-electron chi connectivity index (χ1n) is 10.0. The number of ether oxygens (including phenoxy) is 4. The van der Waals surface area contributed by atoms with Gasteiger partial charge in [0.2, 0.25) is 0 Å². The van der Waals surface area contributed by atoms with E-state index in [0.29, 0.717) is 11.5 Å². The summed E-state index contributed by atoms with van der Waals surface area (Å²) in [5.74, 6) is -0.923. The van der Waals surface area contributed by atoms with Crippen molar-refractivity contribution in [1.82, 2.24) is 4.98 Å². The molecule has 4 atom stereocenters. The third kappa shape index (κ3) is 6.23. The second-order valence-electron chi connectivity index (χ2n) is 7.39. The molecule has 1 unspecified atom stereocenters. The summed E-state index contributed by atoms with van der Waals surface area (Å²) >= 11 is 1.30. The zero-order chi connectivity index (χ0) is 23.3. The van der Waals surface area contributed by atoms with E-state index < -0.39 is 41.7 Å². The molecule has 32 heavy (non-hydrogen) atoms. The molecule has 0 amide bonds. The van der Waals surface area contributed by atoms with E-state index in [1.807, 2.05) is 37.3 Å². The minimum absolute atomic E-state index is 0.297. The van der Waals surface area contributed by atoms with E-state index in [-0.39, 0.29) is 0 Å². The third-order valence-electron chi connectivity index (χ3n) is 4.65. The average Bonchev–Trinajstić information content (AvgIpc) is 2.72. The molecule has 2 heterocycles. The molecule has 1 fully saturated rings. The number of carbonyl (C=O) groups is 3. The molecule has 2 aromatic rings. The van der Waals surface area contributed by atoms with Crippen molar-refractivity contribution in [3.63, 3.8) is 0 Å². The van der Waals surface area contributed by atoms with Crippen LogP contribution in [-0.4, -0.2) is 52.4 Å². The van der Waals surface area contributed by atoms with Crippen LogP contribution < -0.4 is 4.74 Å². The van der Waals surface area contributed by atoms with Crippen LogP contribution >= 0.6 is 11.8 Å². The molecule has 0 spiro atoms. The van der Waals surface area contributed by atoms with Gasteiger partial charge in [-0.3, -0.25) is 19.4 Å². The van der Waals surface area contributed by atoms with Crippen LogP contribution in [-0.2, 0) is 28.6 Å². The molecule has 1 aliphatic heterocycles. The highest BCUT2D eigenvalue weighted by molar-refractivity contribution is 7.99. The highest BCUT2D eigenvalue weighted by atomic mass is 32.2. The molecule has 1 aromatic carbocycles. The SMILES string of the molecule is CC(=O)O[C@H]1[C@H](OC(C)=O)CSC(Oc2cncc(-c3ccc(C)cc3)c2)[C@@H]1OC(C)=O. The van der Waals surface area contributed by atoms with Crippen molar-refractivity contribution < 1.29 is 33.3 Å². The first-order chi connectivity index (χ1) is 15.2. The van der Waals surface area contributed by atoms with Crippen LogP contribution in [0.3, 0.4) is 0 Å². The van der Waals surface area contributed by atoms with Crippen molar-refractivity contribution >= 4 is 29.7 Å². The highest BCUT2D eigenvalue weighted by Crippen LogP contribution is 2.35. The summed E-state index contributed by atoms with van der Waals surface area (Å²) in [5.41, 5.74) is 2.29. The van der Waals surface area contributed by atoms with E-state index >= 15 is 0 Å². The summed E-state index contributed by atoms with van der Waals surface area (Å²) in [6.45, 7) is 5.77. The Labute approximate surface area is 190 Å². The van der Waals surface area contributed by atoms with Gasteiger partial charge >= 0.3 is 17.9 Å². The van der Waals surface area contributed by atoms with Crippen LogP contribution in [0, 0.1) is 6.92 Å². The van der Waals surface area contributed by atoms with Gasteiger partial charge in [-0.2, -0.15) is 0 Å². The molecule has 0 aliphatic carbocycles. The fraction of sp³-hybridized carbons (Fsp3) is 0.391. The number of thioether (sulfide) groups is 1. The van der Waals surface area contributed by atoms with Gasteiger partial charge in [0.1, 0.15) is 5.75 Å². The monoisotopic (exact) mass is 459 g/mol. The van der Waals surface area contributed by atoms with E-state index in [4.69, 9.17) is 18.9 Å². The third-order valence-corrected chi connectivity index (χ3v) is 5.87. The molecule has 0 bridgehead atoms. The van der Waals surface area contributed by atoms with Crippen LogP contribution in [0.4, 0.5) is 0 Å². The molecule has 1 aromatic heterocycles. The lowest BCUT2D eigenvalue weighted by Gasteiger charge is -2.39. The van der Waals surface area contributed by atoms with Gasteiger partial charge in [-0.25, -0.2) is 0 Å². The number of aromatic nitrogens is 1. The van der Waals surface area contributed by atoms with E-state index in [2.05, 4.69) is 4.98 Å².